The van der Waals surface area contributed by atoms with E-state index in [1.54, 1.807) is 6.20 Å². The van der Waals surface area contributed by atoms with Crippen LogP contribution in [0.3, 0.4) is 0 Å². The van der Waals surface area contributed by atoms with Crippen molar-refractivity contribution in [1.29, 1.82) is 0 Å². The normalized spacial score (nSPS) is 10.0. The Balaban J connectivity index is 2.63. The smallest absolute Gasteiger partial charge is 0.210 e. The number of hydrogen-bond acceptors (Lipinski definition) is 4. The van der Waals surface area contributed by atoms with E-state index in [4.69, 9.17) is 0 Å². The Morgan fingerprint density at radius 2 is 2.33 bits per heavy atom. The number of rotatable bonds is 1. The molecular weight excluding hydrogens is 158 g/mol. The third-order valence-corrected chi connectivity index (χ3v) is 1.41. The van der Waals surface area contributed by atoms with Gasteiger partial charge in [0.25, 0.3) is 0 Å². The maximum Gasteiger partial charge on any atom is 0.210 e. The van der Waals surface area contributed by atoms with Crippen LogP contribution in [-0.4, -0.2) is 25.6 Å². The first-order valence-corrected chi connectivity index (χ1v) is 3.29. The van der Waals surface area contributed by atoms with Crippen molar-refractivity contribution < 1.29 is 0 Å². The van der Waals surface area contributed by atoms with Crippen LogP contribution in [0.2, 0.25) is 0 Å². The molecule has 0 saturated carbocycles. The molecule has 2 aromatic heterocycles. The molecule has 2 heterocycles. The summed E-state index contributed by atoms with van der Waals surface area (Å²) in [4.78, 5) is 13.9. The van der Waals surface area contributed by atoms with E-state index in [2.05, 4.69) is 25.6 Å². The standard InChI is InChI=1S/C6H5N5O/c12-5-1-2-7-3-4(5)6-8-10-11-9-6/h1-3H,(H,7,12)(H,8,9,10,11). The second-order valence-electron chi connectivity index (χ2n) is 2.16. The highest BCUT2D eigenvalue weighted by atomic mass is 16.1. The minimum absolute atomic E-state index is 0.129. The zero-order chi connectivity index (χ0) is 8.39. The molecule has 0 aliphatic heterocycles. The van der Waals surface area contributed by atoms with Crippen molar-refractivity contribution in [3.05, 3.63) is 28.7 Å². The van der Waals surface area contributed by atoms with Gasteiger partial charge < -0.3 is 4.98 Å². The summed E-state index contributed by atoms with van der Waals surface area (Å²) in [7, 11) is 0. The van der Waals surface area contributed by atoms with Gasteiger partial charge in [0.2, 0.25) is 5.82 Å². The molecule has 0 bridgehead atoms. The first-order valence-electron chi connectivity index (χ1n) is 3.29. The van der Waals surface area contributed by atoms with Crippen LogP contribution in [0.25, 0.3) is 11.4 Å². The maximum absolute atomic E-state index is 11.2. The highest BCUT2D eigenvalue weighted by Crippen LogP contribution is 2.03. The van der Waals surface area contributed by atoms with Gasteiger partial charge in [0.15, 0.2) is 5.43 Å². The largest absolute Gasteiger partial charge is 0.367 e. The predicted molar refractivity (Wildman–Crippen MR) is 40.2 cm³/mol. The van der Waals surface area contributed by atoms with Gasteiger partial charge in [0.1, 0.15) is 0 Å². The fourth-order valence-electron chi connectivity index (χ4n) is 0.867. The molecule has 0 aromatic carbocycles. The van der Waals surface area contributed by atoms with Crippen molar-refractivity contribution in [3.63, 3.8) is 0 Å². The molecule has 0 atom stereocenters. The number of pyridine rings is 1. The molecular formula is C6H5N5O. The van der Waals surface area contributed by atoms with Crippen molar-refractivity contribution >= 4 is 0 Å². The number of hydrogen-bond donors (Lipinski definition) is 2. The van der Waals surface area contributed by atoms with Crippen LogP contribution in [0.5, 0.6) is 0 Å². The third kappa shape index (κ3) is 0.986. The lowest BCUT2D eigenvalue weighted by Crippen LogP contribution is -2.03. The summed E-state index contributed by atoms with van der Waals surface area (Å²) in [6.07, 6.45) is 3.08. The van der Waals surface area contributed by atoms with Gasteiger partial charge in [-0.1, -0.05) is 0 Å². The molecule has 2 rings (SSSR count). The lowest BCUT2D eigenvalue weighted by atomic mass is 10.3. The molecule has 12 heavy (non-hydrogen) atoms. The molecule has 6 nitrogen and oxygen atoms in total. The van der Waals surface area contributed by atoms with E-state index >= 15 is 0 Å². The highest BCUT2D eigenvalue weighted by molar-refractivity contribution is 5.51. The number of tetrazole rings is 1. The van der Waals surface area contributed by atoms with Gasteiger partial charge in [0.05, 0.1) is 5.56 Å². The van der Waals surface area contributed by atoms with Crippen LogP contribution in [0.4, 0.5) is 0 Å². The average molecular weight is 163 g/mol. The third-order valence-electron chi connectivity index (χ3n) is 1.41. The van der Waals surface area contributed by atoms with Gasteiger partial charge >= 0.3 is 0 Å². The second-order valence-corrected chi connectivity index (χ2v) is 2.16. The van der Waals surface area contributed by atoms with Gasteiger partial charge in [-0.2, -0.15) is 5.21 Å². The van der Waals surface area contributed by atoms with Crippen LogP contribution in [0.1, 0.15) is 0 Å². The van der Waals surface area contributed by atoms with Crippen LogP contribution >= 0.6 is 0 Å². The summed E-state index contributed by atoms with van der Waals surface area (Å²) in [6, 6.07) is 1.41. The van der Waals surface area contributed by atoms with E-state index in [-0.39, 0.29) is 5.43 Å². The first kappa shape index (κ1) is 6.71. The summed E-state index contributed by atoms with van der Waals surface area (Å²) in [5, 5.41) is 13.0. The zero-order valence-corrected chi connectivity index (χ0v) is 5.98. The van der Waals surface area contributed by atoms with Crippen molar-refractivity contribution in [2.75, 3.05) is 0 Å². The van der Waals surface area contributed by atoms with Crippen molar-refractivity contribution in [1.82, 2.24) is 25.6 Å². The van der Waals surface area contributed by atoms with E-state index in [9.17, 15) is 4.79 Å². The zero-order valence-electron chi connectivity index (χ0n) is 5.98. The molecule has 0 fully saturated rings. The Hall–Kier alpha value is -1.98. The minimum atomic E-state index is -0.129. The summed E-state index contributed by atoms with van der Waals surface area (Å²) in [6.45, 7) is 0. The molecule has 2 N–H and O–H groups in total. The van der Waals surface area contributed by atoms with E-state index in [0.717, 1.165) is 0 Å². The quantitative estimate of drug-likeness (QED) is 0.596. The Labute approximate surface area is 66.6 Å². The number of aromatic nitrogens is 5. The number of H-pyrrole nitrogens is 2. The Morgan fingerprint density at radius 3 is 3.00 bits per heavy atom. The Bertz CT molecular complexity index is 418. The molecule has 2 aromatic rings. The average Bonchev–Trinajstić information content (AvgIpc) is 2.57. The highest BCUT2D eigenvalue weighted by Gasteiger charge is 2.05. The molecule has 0 aliphatic carbocycles. The molecule has 60 valence electrons. The van der Waals surface area contributed by atoms with E-state index in [1.807, 2.05) is 0 Å². The van der Waals surface area contributed by atoms with Crippen molar-refractivity contribution in [3.8, 4) is 11.4 Å². The molecule has 0 saturated heterocycles. The minimum Gasteiger partial charge on any atom is -0.367 e. The predicted octanol–water partition coefficient (Wildman–Crippen LogP) is -0.445. The molecule has 0 radical (unpaired) electrons. The summed E-state index contributed by atoms with van der Waals surface area (Å²) < 4.78 is 0. The van der Waals surface area contributed by atoms with Crippen LogP contribution < -0.4 is 5.43 Å². The molecule has 0 unspecified atom stereocenters. The lowest BCUT2D eigenvalue weighted by Gasteiger charge is -1.89. The Kier molecular flexibility index (Phi) is 1.44. The van der Waals surface area contributed by atoms with Gasteiger partial charge in [-0.05, 0) is 5.21 Å². The Morgan fingerprint density at radius 1 is 1.42 bits per heavy atom. The molecule has 0 amide bonds. The van der Waals surface area contributed by atoms with Crippen molar-refractivity contribution in [2.24, 2.45) is 0 Å². The van der Waals surface area contributed by atoms with Crippen LogP contribution in [0, 0.1) is 0 Å². The molecule has 0 aliphatic rings. The second kappa shape index (κ2) is 2.57. The summed E-state index contributed by atoms with van der Waals surface area (Å²) in [5.74, 6) is 0.303. The molecule has 0 spiro atoms. The van der Waals surface area contributed by atoms with E-state index < -0.39 is 0 Å². The molecule has 6 heteroatoms. The number of aromatic amines is 2. The summed E-state index contributed by atoms with van der Waals surface area (Å²) >= 11 is 0. The first-order chi connectivity index (χ1) is 5.88. The van der Waals surface area contributed by atoms with E-state index in [1.165, 1.54) is 12.3 Å². The lowest BCUT2D eigenvalue weighted by molar-refractivity contribution is 0.881. The summed E-state index contributed by atoms with van der Waals surface area (Å²) in [5.41, 5.74) is 0.279. The van der Waals surface area contributed by atoms with Crippen LogP contribution in [0.15, 0.2) is 23.3 Å². The maximum atomic E-state index is 11.2. The van der Waals surface area contributed by atoms with E-state index in [0.29, 0.717) is 11.4 Å². The fourth-order valence-corrected chi connectivity index (χ4v) is 0.867. The number of nitrogens with one attached hydrogen (secondary N) is 2. The van der Waals surface area contributed by atoms with Gasteiger partial charge in [-0.3, -0.25) is 4.79 Å². The SMILES string of the molecule is O=c1cc[nH]cc1-c1nn[nH]n1. The van der Waals surface area contributed by atoms with Crippen LogP contribution in [-0.2, 0) is 0 Å². The monoisotopic (exact) mass is 163 g/mol. The number of nitrogens with zero attached hydrogens (tertiary/aromatic N) is 3. The van der Waals surface area contributed by atoms with Crippen molar-refractivity contribution in [2.45, 2.75) is 0 Å². The topological polar surface area (TPSA) is 87.3 Å². The van der Waals surface area contributed by atoms with Gasteiger partial charge in [-0.15, -0.1) is 10.2 Å². The fraction of sp³-hybridized carbons (Fsp3) is 0. The van der Waals surface area contributed by atoms with Gasteiger partial charge in [-0.25, -0.2) is 0 Å². The van der Waals surface area contributed by atoms with Gasteiger partial charge in [0, 0.05) is 18.5 Å².